The normalized spacial score (nSPS) is 10.1. The van der Waals surface area contributed by atoms with E-state index in [0.717, 1.165) is 0 Å². The van der Waals surface area contributed by atoms with Gasteiger partial charge >= 0.3 is 5.97 Å². The van der Waals surface area contributed by atoms with Gasteiger partial charge in [-0.05, 0) is 22.0 Å². The molecule has 0 amide bonds. The third-order valence-electron chi connectivity index (χ3n) is 1.27. The summed E-state index contributed by atoms with van der Waals surface area (Å²) in [5.41, 5.74) is 0.324. The fraction of sp³-hybridized carbons (Fsp3) is 0.143. The summed E-state index contributed by atoms with van der Waals surface area (Å²) in [5, 5.41) is 9.07. The minimum absolute atomic E-state index is 0.185. The molecule has 0 saturated heterocycles. The summed E-state index contributed by atoms with van der Waals surface area (Å²) in [4.78, 5) is 14.2. The summed E-state index contributed by atoms with van der Waals surface area (Å²) in [7, 11) is 0. The number of halogens is 3. The van der Waals surface area contributed by atoms with Gasteiger partial charge in [0.05, 0.1) is 21.6 Å². The van der Waals surface area contributed by atoms with Crippen LogP contribution in [0.5, 0.6) is 0 Å². The Bertz CT molecular complexity index is 357. The van der Waals surface area contributed by atoms with Crippen molar-refractivity contribution in [1.29, 1.82) is 0 Å². The Balaban J connectivity index is 3.12. The maximum atomic E-state index is 10.4. The lowest BCUT2D eigenvalue weighted by atomic mass is 10.3. The number of aromatic nitrogens is 1. The second-order valence-electron chi connectivity index (χ2n) is 2.26. The van der Waals surface area contributed by atoms with Gasteiger partial charge in [0.25, 0.3) is 0 Å². The lowest BCUT2D eigenvalue weighted by Gasteiger charge is -2.02. The number of hydrogen-bond acceptors (Lipinski definition) is 2. The van der Waals surface area contributed by atoms with Gasteiger partial charge in [-0.1, -0.05) is 23.2 Å². The number of aliphatic carboxylic acids is 1. The molecule has 1 N–H and O–H groups in total. The number of pyridine rings is 1. The van der Waals surface area contributed by atoms with Crippen molar-refractivity contribution in [1.82, 2.24) is 4.98 Å². The monoisotopic (exact) mass is 283 g/mol. The molecule has 1 aromatic heterocycles. The van der Waals surface area contributed by atoms with Crippen molar-refractivity contribution in [3.05, 3.63) is 26.4 Å². The minimum Gasteiger partial charge on any atom is -0.481 e. The highest BCUT2D eigenvalue weighted by molar-refractivity contribution is 9.10. The molecule has 0 aliphatic rings. The van der Waals surface area contributed by atoms with Crippen LogP contribution >= 0.6 is 39.1 Å². The number of carboxylic acids is 1. The smallest absolute Gasteiger partial charge is 0.309 e. The third kappa shape index (κ3) is 2.83. The summed E-state index contributed by atoms with van der Waals surface area (Å²) in [6.07, 6.45) is -0.207. The van der Waals surface area contributed by atoms with Crippen LogP contribution in [0.1, 0.15) is 5.69 Å². The molecule has 0 atom stereocenters. The second kappa shape index (κ2) is 4.26. The zero-order chi connectivity index (χ0) is 10.0. The summed E-state index contributed by atoms with van der Waals surface area (Å²) in [6.45, 7) is 0. The molecule has 3 nitrogen and oxygen atoms in total. The van der Waals surface area contributed by atoms with Crippen molar-refractivity contribution in [2.45, 2.75) is 6.42 Å². The highest BCUT2D eigenvalue weighted by Gasteiger charge is 2.11. The van der Waals surface area contributed by atoms with E-state index in [2.05, 4.69) is 20.9 Å². The van der Waals surface area contributed by atoms with Crippen molar-refractivity contribution in [2.24, 2.45) is 0 Å². The lowest BCUT2D eigenvalue weighted by molar-refractivity contribution is -0.136. The van der Waals surface area contributed by atoms with E-state index < -0.39 is 5.97 Å². The molecule has 0 saturated carbocycles. The number of rotatable bonds is 2. The SMILES string of the molecule is O=C(O)Cc1nc(Cl)cc(Cl)c1Br. The first kappa shape index (κ1) is 10.8. The number of hydrogen-bond donors (Lipinski definition) is 1. The van der Waals surface area contributed by atoms with E-state index in [1.807, 2.05) is 0 Å². The fourth-order valence-electron chi connectivity index (χ4n) is 0.776. The molecule has 0 unspecified atom stereocenters. The number of carboxylic acid groups (broad SMARTS) is 1. The molecule has 0 aliphatic heterocycles. The number of carbonyl (C=O) groups is 1. The highest BCUT2D eigenvalue weighted by atomic mass is 79.9. The standard InChI is InChI=1S/C7H4BrCl2NO2/c8-7-3(9)1-5(10)11-4(7)2-6(12)13/h1H,2H2,(H,12,13). The molecule has 70 valence electrons. The first-order valence-corrected chi connectivity index (χ1v) is 4.78. The van der Waals surface area contributed by atoms with Crippen molar-refractivity contribution in [3.8, 4) is 0 Å². The molecule has 0 aliphatic carbocycles. The zero-order valence-corrected chi connectivity index (χ0v) is 9.32. The van der Waals surface area contributed by atoms with E-state index >= 15 is 0 Å². The predicted molar refractivity (Wildman–Crippen MR) is 53.3 cm³/mol. The van der Waals surface area contributed by atoms with Crippen LogP contribution in [0.25, 0.3) is 0 Å². The van der Waals surface area contributed by atoms with E-state index in [1.54, 1.807) is 0 Å². The Hall–Kier alpha value is -0.320. The average molecular weight is 285 g/mol. The van der Waals surface area contributed by atoms with E-state index in [0.29, 0.717) is 15.2 Å². The maximum Gasteiger partial charge on any atom is 0.309 e. The van der Waals surface area contributed by atoms with Crippen LogP contribution in [-0.4, -0.2) is 16.1 Å². The van der Waals surface area contributed by atoms with Gasteiger partial charge in [0.1, 0.15) is 5.15 Å². The van der Waals surface area contributed by atoms with Crippen LogP contribution in [0.15, 0.2) is 10.5 Å². The van der Waals surface area contributed by atoms with Gasteiger partial charge in [-0.3, -0.25) is 4.79 Å². The third-order valence-corrected chi connectivity index (χ3v) is 2.87. The molecule has 0 aromatic carbocycles. The van der Waals surface area contributed by atoms with E-state index in [1.165, 1.54) is 6.07 Å². The maximum absolute atomic E-state index is 10.4. The molecule has 6 heteroatoms. The van der Waals surface area contributed by atoms with Crippen molar-refractivity contribution in [2.75, 3.05) is 0 Å². The molecule has 1 heterocycles. The summed E-state index contributed by atoms with van der Waals surface area (Å²) < 4.78 is 0.473. The molecule has 0 spiro atoms. The predicted octanol–water partition coefficient (Wildman–Crippen LogP) is 2.78. The van der Waals surface area contributed by atoms with E-state index in [9.17, 15) is 4.79 Å². The zero-order valence-electron chi connectivity index (χ0n) is 6.22. The minimum atomic E-state index is -0.980. The van der Waals surface area contributed by atoms with Crippen LogP contribution in [-0.2, 0) is 11.2 Å². The highest BCUT2D eigenvalue weighted by Crippen LogP contribution is 2.27. The lowest BCUT2D eigenvalue weighted by Crippen LogP contribution is -2.03. The van der Waals surface area contributed by atoms with Crippen LogP contribution in [0.2, 0.25) is 10.2 Å². The van der Waals surface area contributed by atoms with E-state index in [4.69, 9.17) is 28.3 Å². The van der Waals surface area contributed by atoms with Gasteiger partial charge in [0, 0.05) is 0 Å². The van der Waals surface area contributed by atoms with Crippen molar-refractivity contribution < 1.29 is 9.90 Å². The molecule has 13 heavy (non-hydrogen) atoms. The van der Waals surface area contributed by atoms with Gasteiger partial charge in [0.2, 0.25) is 0 Å². The van der Waals surface area contributed by atoms with Crippen molar-refractivity contribution in [3.63, 3.8) is 0 Å². The summed E-state index contributed by atoms with van der Waals surface area (Å²) >= 11 is 14.5. The summed E-state index contributed by atoms with van der Waals surface area (Å²) in [5.74, 6) is -0.980. The Labute approximate surface area is 92.8 Å². The first-order valence-electron chi connectivity index (χ1n) is 3.23. The Morgan fingerprint density at radius 2 is 2.23 bits per heavy atom. The van der Waals surface area contributed by atoms with Gasteiger partial charge in [-0.25, -0.2) is 4.98 Å². The topological polar surface area (TPSA) is 50.2 Å². The van der Waals surface area contributed by atoms with Crippen LogP contribution in [0, 0.1) is 0 Å². The molecular weight excluding hydrogens is 281 g/mol. The molecule has 0 fully saturated rings. The summed E-state index contributed by atoms with van der Waals surface area (Å²) in [6, 6.07) is 1.44. The number of nitrogens with zero attached hydrogens (tertiary/aromatic N) is 1. The molecule has 1 aromatic rings. The Morgan fingerprint density at radius 3 is 2.77 bits per heavy atom. The van der Waals surface area contributed by atoms with Crippen LogP contribution in [0.4, 0.5) is 0 Å². The molecule has 0 radical (unpaired) electrons. The average Bonchev–Trinajstić information content (AvgIpc) is 1.98. The molecule has 0 bridgehead atoms. The van der Waals surface area contributed by atoms with Gasteiger partial charge in [-0.15, -0.1) is 0 Å². The quantitative estimate of drug-likeness (QED) is 0.850. The fourth-order valence-corrected chi connectivity index (χ4v) is 1.60. The Morgan fingerprint density at radius 1 is 1.62 bits per heavy atom. The second-order valence-corrected chi connectivity index (χ2v) is 3.85. The largest absolute Gasteiger partial charge is 0.481 e. The van der Waals surface area contributed by atoms with E-state index in [-0.39, 0.29) is 11.6 Å². The molecular formula is C7H4BrCl2NO2. The van der Waals surface area contributed by atoms with Crippen LogP contribution in [0.3, 0.4) is 0 Å². The van der Waals surface area contributed by atoms with Gasteiger partial charge < -0.3 is 5.11 Å². The Kier molecular flexibility index (Phi) is 3.53. The van der Waals surface area contributed by atoms with Crippen LogP contribution < -0.4 is 0 Å². The van der Waals surface area contributed by atoms with Gasteiger partial charge in [-0.2, -0.15) is 0 Å². The molecule has 1 rings (SSSR count). The van der Waals surface area contributed by atoms with Gasteiger partial charge in [0.15, 0.2) is 0 Å². The van der Waals surface area contributed by atoms with Crippen molar-refractivity contribution >= 4 is 45.1 Å². The first-order chi connectivity index (χ1) is 6.00.